The number of benzene rings is 1. The highest BCUT2D eigenvalue weighted by Gasteiger charge is 2.12. The lowest BCUT2D eigenvalue weighted by molar-refractivity contribution is 0.0953. The van der Waals surface area contributed by atoms with Crippen LogP contribution in [0.4, 0.5) is 0 Å². The standard InChI is InChI=1S/C12H12BrN3O/c1-6-10(13)4-3-8-5-9(12(17)16-14)7(2)15-11(6)8/h3-5H,14H2,1-2H3,(H,16,17). The Morgan fingerprint density at radius 3 is 2.76 bits per heavy atom. The van der Waals surface area contributed by atoms with Crippen LogP contribution in [0.5, 0.6) is 0 Å². The van der Waals surface area contributed by atoms with Gasteiger partial charge in [0, 0.05) is 9.86 Å². The van der Waals surface area contributed by atoms with Crippen LogP contribution in [0, 0.1) is 13.8 Å². The summed E-state index contributed by atoms with van der Waals surface area (Å²) in [7, 11) is 0. The Kier molecular flexibility index (Phi) is 3.13. The van der Waals surface area contributed by atoms with E-state index in [0.717, 1.165) is 20.9 Å². The molecule has 0 aliphatic rings. The van der Waals surface area contributed by atoms with Gasteiger partial charge in [0.2, 0.25) is 0 Å². The lowest BCUT2D eigenvalue weighted by atomic mass is 10.1. The lowest BCUT2D eigenvalue weighted by Crippen LogP contribution is -2.30. The Labute approximate surface area is 107 Å². The number of nitrogens with zero attached hydrogens (tertiary/aromatic N) is 1. The Bertz CT molecular complexity index is 610. The SMILES string of the molecule is Cc1nc2c(C)c(Br)ccc2cc1C(=O)NN. The van der Waals surface area contributed by atoms with Gasteiger partial charge in [0.05, 0.1) is 16.8 Å². The van der Waals surface area contributed by atoms with Crippen LogP contribution in [0.25, 0.3) is 10.9 Å². The maximum atomic E-state index is 11.5. The topological polar surface area (TPSA) is 68.0 Å². The number of hydrogen-bond acceptors (Lipinski definition) is 3. The van der Waals surface area contributed by atoms with Crippen molar-refractivity contribution in [1.82, 2.24) is 10.4 Å². The van der Waals surface area contributed by atoms with Gasteiger partial charge < -0.3 is 0 Å². The quantitative estimate of drug-likeness (QED) is 0.481. The molecule has 1 aromatic carbocycles. The number of nitrogen functional groups attached to an aromatic ring is 1. The number of amides is 1. The molecule has 0 saturated heterocycles. The van der Waals surface area contributed by atoms with Gasteiger partial charge in [-0.1, -0.05) is 22.0 Å². The number of hydrazine groups is 1. The van der Waals surface area contributed by atoms with E-state index in [0.29, 0.717) is 11.3 Å². The van der Waals surface area contributed by atoms with Crippen LogP contribution in [0.2, 0.25) is 0 Å². The Hall–Kier alpha value is -1.46. The number of nitrogens with one attached hydrogen (secondary N) is 1. The van der Waals surface area contributed by atoms with E-state index in [4.69, 9.17) is 5.84 Å². The number of pyridine rings is 1. The second-order valence-corrected chi connectivity index (χ2v) is 4.69. The monoisotopic (exact) mass is 293 g/mol. The molecule has 0 bridgehead atoms. The zero-order valence-electron chi connectivity index (χ0n) is 9.54. The summed E-state index contributed by atoms with van der Waals surface area (Å²) in [4.78, 5) is 16.0. The molecular weight excluding hydrogens is 282 g/mol. The predicted octanol–water partition coefficient (Wildman–Crippen LogP) is 2.22. The molecule has 0 radical (unpaired) electrons. The van der Waals surface area contributed by atoms with E-state index in [1.54, 1.807) is 13.0 Å². The molecule has 3 N–H and O–H groups in total. The average molecular weight is 294 g/mol. The fourth-order valence-corrected chi connectivity index (χ4v) is 2.08. The molecule has 0 atom stereocenters. The van der Waals surface area contributed by atoms with Crippen LogP contribution >= 0.6 is 15.9 Å². The molecule has 0 saturated carbocycles. The third-order valence-corrected chi connectivity index (χ3v) is 3.60. The number of carbonyl (C=O) groups excluding carboxylic acids is 1. The molecule has 88 valence electrons. The van der Waals surface area contributed by atoms with Gasteiger partial charge >= 0.3 is 0 Å². The molecule has 1 amide bonds. The number of carbonyl (C=O) groups is 1. The van der Waals surface area contributed by atoms with E-state index in [1.807, 2.05) is 19.1 Å². The number of hydrogen-bond donors (Lipinski definition) is 2. The van der Waals surface area contributed by atoms with Crippen molar-refractivity contribution in [3.63, 3.8) is 0 Å². The van der Waals surface area contributed by atoms with E-state index >= 15 is 0 Å². The molecule has 1 aromatic heterocycles. The molecule has 0 aliphatic heterocycles. The van der Waals surface area contributed by atoms with Crippen molar-refractivity contribution in [2.45, 2.75) is 13.8 Å². The van der Waals surface area contributed by atoms with Crippen molar-refractivity contribution in [3.8, 4) is 0 Å². The van der Waals surface area contributed by atoms with Crippen LogP contribution in [-0.2, 0) is 0 Å². The van der Waals surface area contributed by atoms with Crippen molar-refractivity contribution in [3.05, 3.63) is 39.5 Å². The van der Waals surface area contributed by atoms with E-state index in [-0.39, 0.29) is 5.91 Å². The van der Waals surface area contributed by atoms with E-state index < -0.39 is 0 Å². The molecule has 1 heterocycles. The van der Waals surface area contributed by atoms with Gasteiger partial charge in [-0.05, 0) is 31.5 Å². The van der Waals surface area contributed by atoms with E-state index in [9.17, 15) is 4.79 Å². The van der Waals surface area contributed by atoms with Crippen molar-refractivity contribution >= 4 is 32.7 Å². The summed E-state index contributed by atoms with van der Waals surface area (Å²) < 4.78 is 1.01. The number of aryl methyl sites for hydroxylation is 2. The molecular formula is C12H12BrN3O. The highest BCUT2D eigenvalue weighted by Crippen LogP contribution is 2.25. The first kappa shape index (κ1) is 12.0. The summed E-state index contributed by atoms with van der Waals surface area (Å²) in [6.07, 6.45) is 0. The van der Waals surface area contributed by atoms with Gasteiger partial charge in [-0.15, -0.1) is 0 Å². The summed E-state index contributed by atoms with van der Waals surface area (Å²) in [5.41, 5.74) is 5.25. The number of nitrogens with two attached hydrogens (primary N) is 1. The molecule has 4 nitrogen and oxygen atoms in total. The second-order valence-electron chi connectivity index (χ2n) is 3.84. The predicted molar refractivity (Wildman–Crippen MR) is 70.6 cm³/mol. The van der Waals surface area contributed by atoms with Crippen LogP contribution in [0.3, 0.4) is 0 Å². The van der Waals surface area contributed by atoms with Crippen LogP contribution < -0.4 is 11.3 Å². The van der Waals surface area contributed by atoms with E-state index in [2.05, 4.69) is 26.3 Å². The van der Waals surface area contributed by atoms with Gasteiger partial charge in [0.15, 0.2) is 0 Å². The summed E-state index contributed by atoms with van der Waals surface area (Å²) in [6, 6.07) is 5.67. The van der Waals surface area contributed by atoms with E-state index in [1.165, 1.54) is 0 Å². The van der Waals surface area contributed by atoms with Gasteiger partial charge in [-0.2, -0.15) is 0 Å². The molecule has 5 heteroatoms. The maximum absolute atomic E-state index is 11.5. The summed E-state index contributed by atoms with van der Waals surface area (Å²) in [5, 5.41) is 0.926. The van der Waals surface area contributed by atoms with Crippen LogP contribution in [0.1, 0.15) is 21.6 Å². The molecule has 0 fully saturated rings. The third kappa shape index (κ3) is 2.03. The normalized spacial score (nSPS) is 10.6. The minimum atomic E-state index is -0.322. The first-order valence-corrected chi connectivity index (χ1v) is 5.91. The Balaban J connectivity index is 2.75. The summed E-state index contributed by atoms with van der Waals surface area (Å²) in [5.74, 6) is 4.81. The Morgan fingerprint density at radius 2 is 2.12 bits per heavy atom. The molecule has 0 unspecified atom stereocenters. The van der Waals surface area contributed by atoms with Crippen molar-refractivity contribution < 1.29 is 4.79 Å². The zero-order chi connectivity index (χ0) is 12.6. The fourth-order valence-electron chi connectivity index (χ4n) is 1.76. The highest BCUT2D eigenvalue weighted by molar-refractivity contribution is 9.10. The fraction of sp³-hybridized carbons (Fsp3) is 0.167. The second kappa shape index (κ2) is 4.43. The largest absolute Gasteiger partial charge is 0.290 e. The average Bonchev–Trinajstić information content (AvgIpc) is 2.33. The lowest BCUT2D eigenvalue weighted by Gasteiger charge is -2.08. The van der Waals surface area contributed by atoms with Gasteiger partial charge in [-0.3, -0.25) is 15.2 Å². The van der Waals surface area contributed by atoms with Crippen LogP contribution in [-0.4, -0.2) is 10.9 Å². The maximum Gasteiger partial charge on any atom is 0.267 e. The van der Waals surface area contributed by atoms with Crippen molar-refractivity contribution in [2.24, 2.45) is 5.84 Å². The smallest absolute Gasteiger partial charge is 0.267 e. The summed E-state index contributed by atoms with van der Waals surface area (Å²) >= 11 is 3.46. The molecule has 17 heavy (non-hydrogen) atoms. The highest BCUT2D eigenvalue weighted by atomic mass is 79.9. The molecule has 2 rings (SSSR count). The Morgan fingerprint density at radius 1 is 1.41 bits per heavy atom. The van der Waals surface area contributed by atoms with Gasteiger partial charge in [0.1, 0.15) is 0 Å². The molecule has 2 aromatic rings. The van der Waals surface area contributed by atoms with Crippen LogP contribution in [0.15, 0.2) is 22.7 Å². The number of halogens is 1. The number of fused-ring (bicyclic) bond motifs is 1. The first-order valence-electron chi connectivity index (χ1n) is 5.12. The number of rotatable bonds is 1. The minimum Gasteiger partial charge on any atom is -0.290 e. The third-order valence-electron chi connectivity index (χ3n) is 2.74. The molecule has 0 aliphatic carbocycles. The van der Waals surface area contributed by atoms with Crippen molar-refractivity contribution in [1.29, 1.82) is 0 Å². The minimum absolute atomic E-state index is 0.322. The van der Waals surface area contributed by atoms with Crippen molar-refractivity contribution in [2.75, 3.05) is 0 Å². The molecule has 0 spiro atoms. The summed E-state index contributed by atoms with van der Waals surface area (Å²) in [6.45, 7) is 3.78. The zero-order valence-corrected chi connectivity index (χ0v) is 11.1. The first-order chi connectivity index (χ1) is 8.04. The van der Waals surface area contributed by atoms with Gasteiger partial charge in [-0.25, -0.2) is 5.84 Å². The number of aromatic nitrogens is 1. The van der Waals surface area contributed by atoms with Gasteiger partial charge in [0.25, 0.3) is 5.91 Å².